The van der Waals surface area contributed by atoms with Crippen LogP contribution in [0.5, 0.6) is 0 Å². The van der Waals surface area contributed by atoms with E-state index in [4.69, 9.17) is 11.6 Å². The first-order valence-corrected chi connectivity index (χ1v) is 9.58. The Kier molecular flexibility index (Phi) is 5.67. The molecular weight excluding hydrogens is 358 g/mol. The first-order valence-electron chi connectivity index (χ1n) is 6.62. The second kappa shape index (κ2) is 7.33. The fourth-order valence-electron chi connectivity index (χ4n) is 1.88. The van der Waals surface area contributed by atoms with E-state index in [1.54, 1.807) is 18.2 Å². The van der Waals surface area contributed by atoms with Crippen LogP contribution in [0.4, 0.5) is 5.69 Å². The third-order valence-corrected chi connectivity index (χ3v) is 7.58. The van der Waals surface area contributed by atoms with Crippen molar-refractivity contribution in [3.8, 4) is 0 Å². The number of alkyl halides is 1. The number of nitro benzene ring substituents is 1. The van der Waals surface area contributed by atoms with Gasteiger partial charge in [0.2, 0.25) is 0 Å². The van der Waals surface area contributed by atoms with Crippen molar-refractivity contribution in [3.05, 3.63) is 64.2 Å². The third-order valence-electron chi connectivity index (χ3n) is 3.12. The van der Waals surface area contributed by atoms with E-state index >= 15 is 0 Å². The number of halogens is 1. The number of benzene rings is 2. The van der Waals surface area contributed by atoms with Gasteiger partial charge in [0.1, 0.15) is 4.58 Å². The van der Waals surface area contributed by atoms with Crippen molar-refractivity contribution >= 4 is 38.9 Å². The number of sulfone groups is 1. The van der Waals surface area contributed by atoms with E-state index in [9.17, 15) is 18.5 Å². The molecule has 2 aromatic rings. The fraction of sp³-hybridized carbons (Fsp3) is 0.200. The van der Waals surface area contributed by atoms with Crippen LogP contribution in [0, 0.1) is 17.0 Å². The largest absolute Gasteiger partial charge is 0.270 e. The molecule has 8 heteroatoms. The summed E-state index contributed by atoms with van der Waals surface area (Å²) in [5.74, 6) is -0.121. The number of thioether (sulfide) groups is 1. The van der Waals surface area contributed by atoms with E-state index in [0.29, 0.717) is 4.90 Å². The lowest BCUT2D eigenvalue weighted by atomic mass is 10.2. The normalized spacial score (nSPS) is 12.8. The highest BCUT2D eigenvalue weighted by Gasteiger charge is 2.28. The molecule has 2 rings (SSSR count). The number of nitro groups is 1. The van der Waals surface area contributed by atoms with Crippen molar-refractivity contribution in [2.45, 2.75) is 21.3 Å². The van der Waals surface area contributed by atoms with Crippen LogP contribution in [0.15, 0.2) is 58.3 Å². The minimum absolute atomic E-state index is 0.0870. The molecule has 0 saturated heterocycles. The molecule has 0 N–H and O–H groups in total. The Labute approximate surface area is 143 Å². The molecule has 0 fully saturated rings. The highest BCUT2D eigenvalue weighted by atomic mass is 35.5. The number of rotatable bonds is 6. The summed E-state index contributed by atoms with van der Waals surface area (Å²) in [7, 11) is -3.64. The molecule has 0 aromatic heterocycles. The summed E-state index contributed by atoms with van der Waals surface area (Å²) in [4.78, 5) is 11.0. The number of nitrogens with zero attached hydrogens (tertiary/aromatic N) is 1. The van der Waals surface area contributed by atoms with Crippen LogP contribution in [-0.4, -0.2) is 23.8 Å². The summed E-state index contributed by atoms with van der Waals surface area (Å²) >= 11 is 6.85. The molecule has 122 valence electrons. The van der Waals surface area contributed by atoms with Crippen LogP contribution in [0.25, 0.3) is 0 Å². The maximum Gasteiger partial charge on any atom is 0.270 e. The Morgan fingerprint density at radius 1 is 1.22 bits per heavy atom. The minimum atomic E-state index is -3.64. The average Bonchev–Trinajstić information content (AvgIpc) is 2.53. The summed E-state index contributed by atoms with van der Waals surface area (Å²) in [6, 6.07) is 12.4. The molecule has 23 heavy (non-hydrogen) atoms. The Balaban J connectivity index is 2.30. The summed E-state index contributed by atoms with van der Waals surface area (Å²) in [6.07, 6.45) is 0. The lowest BCUT2D eigenvalue weighted by molar-refractivity contribution is -0.385. The summed E-state index contributed by atoms with van der Waals surface area (Å²) in [6.45, 7) is 1.87. The van der Waals surface area contributed by atoms with Crippen molar-refractivity contribution in [2.24, 2.45) is 0 Å². The van der Waals surface area contributed by atoms with E-state index in [2.05, 4.69) is 0 Å². The molecule has 0 saturated carbocycles. The zero-order chi connectivity index (χ0) is 17.0. The molecule has 2 aromatic carbocycles. The first kappa shape index (κ1) is 17.8. The Bertz CT molecular complexity index is 806. The standard InChI is InChI=1S/C15H14ClNO4S2/c1-11-5-7-14(8-6-11)23(20,21)15(10-16)22-13-4-2-3-12(9-13)17(18)19/h2-9,15H,10H2,1H3. The van der Waals surface area contributed by atoms with Gasteiger partial charge >= 0.3 is 0 Å². The quantitative estimate of drug-likeness (QED) is 0.331. The summed E-state index contributed by atoms with van der Waals surface area (Å²) < 4.78 is 24.4. The van der Waals surface area contributed by atoms with Gasteiger partial charge in [0.25, 0.3) is 5.69 Å². The van der Waals surface area contributed by atoms with Crippen molar-refractivity contribution in [1.82, 2.24) is 0 Å². The van der Waals surface area contributed by atoms with Gasteiger partial charge in [0, 0.05) is 22.9 Å². The van der Waals surface area contributed by atoms with E-state index < -0.39 is 19.3 Å². The van der Waals surface area contributed by atoms with Gasteiger partial charge in [-0.05, 0) is 25.1 Å². The second-order valence-electron chi connectivity index (χ2n) is 4.81. The van der Waals surface area contributed by atoms with Gasteiger partial charge in [0.05, 0.1) is 9.82 Å². The highest BCUT2D eigenvalue weighted by molar-refractivity contribution is 8.13. The minimum Gasteiger partial charge on any atom is -0.258 e. The van der Waals surface area contributed by atoms with Crippen LogP contribution < -0.4 is 0 Å². The van der Waals surface area contributed by atoms with Gasteiger partial charge in [0.15, 0.2) is 9.84 Å². The molecule has 0 amide bonds. The van der Waals surface area contributed by atoms with Crippen molar-refractivity contribution in [3.63, 3.8) is 0 Å². The Morgan fingerprint density at radius 2 is 1.87 bits per heavy atom. The second-order valence-corrected chi connectivity index (χ2v) is 8.83. The molecule has 0 aliphatic carbocycles. The van der Waals surface area contributed by atoms with E-state index in [0.717, 1.165) is 17.3 Å². The van der Waals surface area contributed by atoms with E-state index in [1.165, 1.54) is 30.3 Å². The van der Waals surface area contributed by atoms with E-state index in [-0.39, 0.29) is 16.5 Å². The van der Waals surface area contributed by atoms with Crippen LogP contribution in [0.2, 0.25) is 0 Å². The summed E-state index contributed by atoms with van der Waals surface area (Å²) in [5, 5.41) is 10.8. The zero-order valence-corrected chi connectivity index (χ0v) is 14.6. The molecule has 0 aliphatic heterocycles. The van der Waals surface area contributed by atoms with Crippen LogP contribution in [-0.2, 0) is 9.84 Å². The number of aryl methyl sites for hydroxylation is 1. The maximum atomic E-state index is 12.7. The fourth-order valence-corrected chi connectivity index (χ4v) is 5.44. The molecule has 5 nitrogen and oxygen atoms in total. The maximum absolute atomic E-state index is 12.7. The Hall–Kier alpha value is -1.57. The van der Waals surface area contributed by atoms with Gasteiger partial charge < -0.3 is 0 Å². The molecule has 0 spiro atoms. The predicted molar refractivity (Wildman–Crippen MR) is 91.8 cm³/mol. The zero-order valence-electron chi connectivity index (χ0n) is 12.2. The smallest absolute Gasteiger partial charge is 0.258 e. The first-order chi connectivity index (χ1) is 10.8. The summed E-state index contributed by atoms with van der Waals surface area (Å²) in [5.41, 5.74) is 0.869. The molecule has 1 atom stereocenters. The van der Waals surface area contributed by atoms with Crippen molar-refractivity contribution in [1.29, 1.82) is 0 Å². The topological polar surface area (TPSA) is 77.3 Å². The van der Waals surface area contributed by atoms with Crippen molar-refractivity contribution < 1.29 is 13.3 Å². The third kappa shape index (κ3) is 4.25. The average molecular weight is 372 g/mol. The van der Waals surface area contributed by atoms with E-state index in [1.807, 2.05) is 6.92 Å². The molecule has 0 radical (unpaired) electrons. The predicted octanol–water partition coefficient (Wildman–Crippen LogP) is 4.03. The number of hydrogen-bond donors (Lipinski definition) is 0. The van der Waals surface area contributed by atoms with Gasteiger partial charge in [-0.25, -0.2) is 8.42 Å². The van der Waals surface area contributed by atoms with Gasteiger partial charge in [-0.2, -0.15) is 0 Å². The van der Waals surface area contributed by atoms with Crippen LogP contribution in [0.3, 0.4) is 0 Å². The monoisotopic (exact) mass is 371 g/mol. The molecule has 1 unspecified atom stereocenters. The van der Waals surface area contributed by atoms with Crippen molar-refractivity contribution in [2.75, 3.05) is 5.88 Å². The van der Waals surface area contributed by atoms with Gasteiger partial charge in [-0.1, -0.05) is 23.8 Å². The Morgan fingerprint density at radius 3 is 2.43 bits per heavy atom. The number of hydrogen-bond acceptors (Lipinski definition) is 5. The molecule has 0 bridgehead atoms. The number of non-ortho nitro benzene ring substituents is 1. The van der Waals surface area contributed by atoms with Gasteiger partial charge in [-0.15, -0.1) is 23.4 Å². The lowest BCUT2D eigenvalue weighted by Gasteiger charge is -2.15. The lowest BCUT2D eigenvalue weighted by Crippen LogP contribution is -2.19. The SMILES string of the molecule is Cc1ccc(S(=O)(=O)C(CCl)Sc2cccc([N+](=O)[O-])c2)cc1. The molecular formula is C15H14ClNO4S2. The van der Waals surface area contributed by atoms with Gasteiger partial charge in [-0.3, -0.25) is 10.1 Å². The van der Waals surface area contributed by atoms with Crippen LogP contribution >= 0.6 is 23.4 Å². The molecule has 0 heterocycles. The van der Waals surface area contributed by atoms with Crippen LogP contribution in [0.1, 0.15) is 5.56 Å². The highest BCUT2D eigenvalue weighted by Crippen LogP contribution is 2.33. The molecule has 0 aliphatic rings.